The van der Waals surface area contributed by atoms with Crippen LogP contribution in [0.2, 0.25) is 0 Å². The molecule has 2 heteroatoms. The molecule has 2 aliphatic rings. The minimum Gasteiger partial charge on any atom is -0.487 e. The fourth-order valence-electron chi connectivity index (χ4n) is 3.96. The number of hydrogen-bond donors (Lipinski definition) is 1. The molecule has 0 saturated heterocycles. The molecule has 0 bridgehead atoms. The second kappa shape index (κ2) is 4.77. The minimum atomic E-state index is -0.263. The molecule has 1 unspecified atom stereocenters. The van der Waals surface area contributed by atoms with Gasteiger partial charge in [0.1, 0.15) is 11.4 Å². The van der Waals surface area contributed by atoms with Crippen LogP contribution in [-0.2, 0) is 5.54 Å². The quantitative estimate of drug-likeness (QED) is 0.819. The molecule has 1 fully saturated rings. The number of rotatable bonds is 1. The number of hydrogen-bond acceptors (Lipinski definition) is 2. The first-order valence-corrected chi connectivity index (χ1v) is 8.04. The topological polar surface area (TPSA) is 35.2 Å². The molecule has 1 aliphatic carbocycles. The van der Waals surface area contributed by atoms with Crippen LogP contribution in [0.5, 0.6) is 5.75 Å². The van der Waals surface area contributed by atoms with Gasteiger partial charge in [-0.3, -0.25) is 0 Å². The maximum absolute atomic E-state index is 6.64. The molecule has 110 valence electrons. The minimum absolute atomic E-state index is 0.00957. The van der Waals surface area contributed by atoms with Crippen LogP contribution in [0.1, 0.15) is 76.3 Å². The summed E-state index contributed by atoms with van der Waals surface area (Å²) in [6.07, 6.45) is 7.15. The monoisotopic (exact) mass is 273 g/mol. The lowest BCUT2D eigenvalue weighted by molar-refractivity contribution is -0.0147. The summed E-state index contributed by atoms with van der Waals surface area (Å²) in [5.74, 6) is 1.56. The molecular weight excluding hydrogens is 246 g/mol. The lowest BCUT2D eigenvalue weighted by Gasteiger charge is -2.48. The molecule has 1 heterocycles. The van der Waals surface area contributed by atoms with Gasteiger partial charge in [0.05, 0.1) is 0 Å². The standard InChI is InChI=1S/C18H27NO/c1-13(2)14-7-8-15-16(11-14)20-18(12-17(15,3)19)9-5-4-6-10-18/h7-8,11,13H,4-6,9-10,12,19H2,1-3H3. The normalized spacial score (nSPS) is 28.2. The summed E-state index contributed by atoms with van der Waals surface area (Å²) in [4.78, 5) is 0. The van der Waals surface area contributed by atoms with Gasteiger partial charge in [-0.05, 0) is 50.2 Å². The third-order valence-electron chi connectivity index (χ3n) is 5.07. The van der Waals surface area contributed by atoms with Crippen molar-refractivity contribution in [3.8, 4) is 5.75 Å². The Morgan fingerprint density at radius 3 is 2.50 bits per heavy atom. The Balaban J connectivity index is 2.01. The molecule has 0 amide bonds. The zero-order chi connectivity index (χ0) is 14.4. The Morgan fingerprint density at radius 1 is 1.15 bits per heavy atom. The van der Waals surface area contributed by atoms with Crippen molar-refractivity contribution in [2.75, 3.05) is 0 Å². The number of nitrogens with two attached hydrogens (primary N) is 1. The summed E-state index contributed by atoms with van der Waals surface area (Å²) in [6.45, 7) is 6.62. The van der Waals surface area contributed by atoms with Gasteiger partial charge in [-0.1, -0.05) is 32.4 Å². The Kier molecular flexibility index (Phi) is 3.32. The highest BCUT2D eigenvalue weighted by Crippen LogP contribution is 2.48. The van der Waals surface area contributed by atoms with Gasteiger partial charge in [-0.2, -0.15) is 0 Å². The third kappa shape index (κ3) is 2.35. The zero-order valence-corrected chi connectivity index (χ0v) is 13.0. The van der Waals surface area contributed by atoms with Crippen LogP contribution >= 0.6 is 0 Å². The van der Waals surface area contributed by atoms with Crippen molar-refractivity contribution in [3.05, 3.63) is 29.3 Å². The number of fused-ring (bicyclic) bond motifs is 1. The van der Waals surface area contributed by atoms with E-state index in [1.165, 1.54) is 30.4 Å². The molecule has 1 aromatic carbocycles. The summed E-state index contributed by atoms with van der Waals surface area (Å²) in [7, 11) is 0. The van der Waals surface area contributed by atoms with Gasteiger partial charge in [-0.25, -0.2) is 0 Å². The lowest BCUT2D eigenvalue weighted by atomic mass is 9.71. The van der Waals surface area contributed by atoms with Gasteiger partial charge in [0.15, 0.2) is 0 Å². The van der Waals surface area contributed by atoms with Gasteiger partial charge in [0.25, 0.3) is 0 Å². The Morgan fingerprint density at radius 2 is 1.85 bits per heavy atom. The molecule has 3 rings (SSSR count). The van der Waals surface area contributed by atoms with E-state index in [0.717, 1.165) is 25.0 Å². The van der Waals surface area contributed by atoms with Crippen molar-refractivity contribution in [1.82, 2.24) is 0 Å². The maximum atomic E-state index is 6.64. The predicted molar refractivity (Wildman–Crippen MR) is 83.1 cm³/mol. The van der Waals surface area contributed by atoms with E-state index in [2.05, 4.69) is 39.0 Å². The number of benzene rings is 1. The number of ether oxygens (including phenoxy) is 1. The fourth-order valence-corrected chi connectivity index (χ4v) is 3.96. The molecule has 1 aliphatic heterocycles. The van der Waals surface area contributed by atoms with E-state index in [0.29, 0.717) is 5.92 Å². The average Bonchev–Trinajstić information content (AvgIpc) is 2.37. The first-order chi connectivity index (χ1) is 9.42. The van der Waals surface area contributed by atoms with Gasteiger partial charge in [0.2, 0.25) is 0 Å². The van der Waals surface area contributed by atoms with Crippen molar-refractivity contribution < 1.29 is 4.74 Å². The van der Waals surface area contributed by atoms with E-state index in [9.17, 15) is 0 Å². The smallest absolute Gasteiger partial charge is 0.125 e. The highest BCUT2D eigenvalue weighted by atomic mass is 16.5. The molecule has 2 nitrogen and oxygen atoms in total. The Labute approximate surface area is 122 Å². The van der Waals surface area contributed by atoms with Gasteiger partial charge < -0.3 is 10.5 Å². The maximum Gasteiger partial charge on any atom is 0.125 e. The Hall–Kier alpha value is -1.02. The van der Waals surface area contributed by atoms with Crippen LogP contribution in [0, 0.1) is 0 Å². The fraction of sp³-hybridized carbons (Fsp3) is 0.667. The predicted octanol–water partition coefficient (Wildman–Crippen LogP) is 4.47. The summed E-state index contributed by atoms with van der Waals surface area (Å²) >= 11 is 0. The van der Waals surface area contributed by atoms with Crippen LogP contribution in [-0.4, -0.2) is 5.60 Å². The molecule has 1 aromatic rings. The van der Waals surface area contributed by atoms with Crippen molar-refractivity contribution in [3.63, 3.8) is 0 Å². The van der Waals surface area contributed by atoms with E-state index >= 15 is 0 Å². The van der Waals surface area contributed by atoms with Crippen molar-refractivity contribution >= 4 is 0 Å². The van der Waals surface area contributed by atoms with Crippen LogP contribution in [0.15, 0.2) is 18.2 Å². The molecule has 0 radical (unpaired) electrons. The van der Waals surface area contributed by atoms with Gasteiger partial charge in [0, 0.05) is 17.5 Å². The van der Waals surface area contributed by atoms with Crippen LogP contribution in [0.3, 0.4) is 0 Å². The third-order valence-corrected chi connectivity index (χ3v) is 5.07. The SMILES string of the molecule is CC(C)c1ccc2c(c1)OC1(CCCCC1)CC2(C)N. The highest BCUT2D eigenvalue weighted by molar-refractivity contribution is 5.45. The van der Waals surface area contributed by atoms with Crippen LogP contribution in [0.4, 0.5) is 0 Å². The Bertz CT molecular complexity index is 498. The summed E-state index contributed by atoms with van der Waals surface area (Å²) in [5.41, 5.74) is 8.89. The molecule has 2 N–H and O–H groups in total. The molecular formula is C18H27NO. The molecule has 0 aromatic heterocycles. The summed E-state index contributed by atoms with van der Waals surface area (Å²) < 4.78 is 6.51. The second-order valence-electron chi connectivity index (χ2n) is 7.35. The first-order valence-electron chi connectivity index (χ1n) is 8.04. The van der Waals surface area contributed by atoms with E-state index in [1.54, 1.807) is 0 Å². The highest BCUT2D eigenvalue weighted by Gasteiger charge is 2.45. The van der Waals surface area contributed by atoms with E-state index in [1.807, 2.05) is 0 Å². The molecule has 20 heavy (non-hydrogen) atoms. The zero-order valence-electron chi connectivity index (χ0n) is 13.0. The van der Waals surface area contributed by atoms with Gasteiger partial charge >= 0.3 is 0 Å². The first kappa shape index (κ1) is 13.9. The molecule has 1 atom stereocenters. The molecule has 1 spiro atoms. The second-order valence-corrected chi connectivity index (χ2v) is 7.35. The van der Waals surface area contributed by atoms with E-state index < -0.39 is 0 Å². The average molecular weight is 273 g/mol. The summed E-state index contributed by atoms with van der Waals surface area (Å²) in [5, 5.41) is 0. The van der Waals surface area contributed by atoms with Crippen molar-refractivity contribution in [1.29, 1.82) is 0 Å². The van der Waals surface area contributed by atoms with Crippen LogP contribution in [0.25, 0.3) is 0 Å². The summed E-state index contributed by atoms with van der Waals surface area (Å²) in [6, 6.07) is 6.61. The molecule has 1 saturated carbocycles. The van der Waals surface area contributed by atoms with E-state index in [4.69, 9.17) is 10.5 Å². The van der Waals surface area contributed by atoms with Crippen molar-refractivity contribution in [2.45, 2.75) is 76.4 Å². The van der Waals surface area contributed by atoms with Crippen molar-refractivity contribution in [2.24, 2.45) is 5.73 Å². The lowest BCUT2D eigenvalue weighted by Crippen LogP contribution is -2.51. The van der Waals surface area contributed by atoms with Gasteiger partial charge in [-0.15, -0.1) is 0 Å². The van der Waals surface area contributed by atoms with E-state index in [-0.39, 0.29) is 11.1 Å². The van der Waals surface area contributed by atoms with Crippen LogP contribution < -0.4 is 10.5 Å². The largest absolute Gasteiger partial charge is 0.487 e.